The highest BCUT2D eigenvalue weighted by Crippen LogP contribution is 2.29. The zero-order valence-corrected chi connectivity index (χ0v) is 13.1. The third kappa shape index (κ3) is 3.67. The molecule has 0 radical (unpaired) electrons. The van der Waals surface area contributed by atoms with Crippen LogP contribution in [0.15, 0.2) is 35.0 Å². The SMILES string of the molecule is COc1ccc(Cl)cc1Nc1nncc(Nc2cc(C)on2)n1. The van der Waals surface area contributed by atoms with Gasteiger partial charge in [-0.15, -0.1) is 5.10 Å². The molecule has 0 amide bonds. The number of ether oxygens (including phenoxy) is 1. The molecule has 23 heavy (non-hydrogen) atoms. The third-order valence-electron chi connectivity index (χ3n) is 2.85. The number of aromatic nitrogens is 4. The summed E-state index contributed by atoms with van der Waals surface area (Å²) in [6.07, 6.45) is 1.48. The number of hydrogen-bond acceptors (Lipinski definition) is 8. The van der Waals surface area contributed by atoms with Crippen LogP contribution >= 0.6 is 11.6 Å². The number of methoxy groups -OCH3 is 1. The Morgan fingerprint density at radius 1 is 1.17 bits per heavy atom. The van der Waals surface area contributed by atoms with Gasteiger partial charge in [0.2, 0.25) is 5.95 Å². The second-order valence-electron chi connectivity index (χ2n) is 4.58. The quantitative estimate of drug-likeness (QED) is 0.734. The standard InChI is InChI=1S/C14H13ClN6O2/c1-8-5-12(21-23-8)18-13-7-16-20-14(19-13)17-10-6-9(15)3-4-11(10)22-2/h3-7H,1-2H3,(H2,17,18,19,20,21). The van der Waals surface area contributed by atoms with Crippen LogP contribution in [0, 0.1) is 6.92 Å². The van der Waals surface area contributed by atoms with Gasteiger partial charge in [0.15, 0.2) is 11.6 Å². The summed E-state index contributed by atoms with van der Waals surface area (Å²) in [4.78, 5) is 4.30. The predicted octanol–water partition coefficient (Wildman–Crippen LogP) is 3.32. The molecule has 3 rings (SSSR count). The summed E-state index contributed by atoms with van der Waals surface area (Å²) in [5, 5.41) is 18.2. The van der Waals surface area contributed by atoms with Gasteiger partial charge in [0.05, 0.1) is 19.0 Å². The number of anilines is 4. The van der Waals surface area contributed by atoms with E-state index in [0.29, 0.717) is 33.9 Å². The van der Waals surface area contributed by atoms with E-state index in [-0.39, 0.29) is 5.95 Å². The molecular formula is C14H13ClN6O2. The van der Waals surface area contributed by atoms with Crippen LogP contribution in [0.1, 0.15) is 5.76 Å². The van der Waals surface area contributed by atoms with E-state index in [4.69, 9.17) is 20.9 Å². The lowest BCUT2D eigenvalue weighted by Gasteiger charge is -2.10. The Balaban J connectivity index is 1.81. The monoisotopic (exact) mass is 332 g/mol. The molecule has 0 saturated carbocycles. The van der Waals surface area contributed by atoms with Crippen molar-refractivity contribution in [1.82, 2.24) is 20.3 Å². The molecule has 2 aromatic heterocycles. The van der Waals surface area contributed by atoms with Crippen LogP contribution in [0.5, 0.6) is 5.75 Å². The first-order valence-corrected chi connectivity index (χ1v) is 7.02. The van der Waals surface area contributed by atoms with Gasteiger partial charge in [0.25, 0.3) is 0 Å². The van der Waals surface area contributed by atoms with Gasteiger partial charge in [-0.1, -0.05) is 16.8 Å². The lowest BCUT2D eigenvalue weighted by atomic mass is 10.3. The number of benzene rings is 1. The van der Waals surface area contributed by atoms with Gasteiger partial charge in [0, 0.05) is 11.1 Å². The summed E-state index contributed by atoms with van der Waals surface area (Å²) in [6, 6.07) is 6.94. The predicted molar refractivity (Wildman–Crippen MR) is 85.6 cm³/mol. The molecule has 2 heterocycles. The smallest absolute Gasteiger partial charge is 0.249 e. The highest BCUT2D eigenvalue weighted by molar-refractivity contribution is 6.30. The van der Waals surface area contributed by atoms with Crippen molar-refractivity contribution in [3.63, 3.8) is 0 Å². The number of rotatable bonds is 5. The molecule has 118 valence electrons. The maximum Gasteiger partial charge on any atom is 0.249 e. The Bertz CT molecular complexity index is 823. The van der Waals surface area contributed by atoms with E-state index in [1.54, 1.807) is 38.3 Å². The van der Waals surface area contributed by atoms with Crippen LogP contribution in [0.25, 0.3) is 0 Å². The second-order valence-corrected chi connectivity index (χ2v) is 5.02. The van der Waals surface area contributed by atoms with Gasteiger partial charge >= 0.3 is 0 Å². The average molecular weight is 333 g/mol. The maximum atomic E-state index is 6.00. The number of nitrogens with zero attached hydrogens (tertiary/aromatic N) is 4. The molecule has 9 heteroatoms. The Labute approximate surface area is 136 Å². The Morgan fingerprint density at radius 3 is 2.78 bits per heavy atom. The number of nitrogens with one attached hydrogen (secondary N) is 2. The summed E-state index contributed by atoms with van der Waals surface area (Å²) >= 11 is 6.00. The molecule has 0 atom stereocenters. The van der Waals surface area contributed by atoms with Crippen molar-refractivity contribution in [3.8, 4) is 5.75 Å². The highest BCUT2D eigenvalue weighted by atomic mass is 35.5. The van der Waals surface area contributed by atoms with Crippen molar-refractivity contribution in [2.45, 2.75) is 6.92 Å². The minimum absolute atomic E-state index is 0.288. The largest absolute Gasteiger partial charge is 0.495 e. The van der Waals surface area contributed by atoms with Gasteiger partial charge in [-0.2, -0.15) is 10.1 Å². The van der Waals surface area contributed by atoms with Gasteiger partial charge in [-0.25, -0.2) is 0 Å². The summed E-state index contributed by atoms with van der Waals surface area (Å²) in [5.74, 6) is 2.60. The molecule has 0 aliphatic heterocycles. The minimum atomic E-state index is 0.288. The Morgan fingerprint density at radius 2 is 2.04 bits per heavy atom. The molecule has 0 unspecified atom stereocenters. The van der Waals surface area contributed by atoms with Crippen LogP contribution in [0.4, 0.5) is 23.3 Å². The lowest BCUT2D eigenvalue weighted by molar-refractivity contribution is 0.400. The molecular weight excluding hydrogens is 320 g/mol. The normalized spacial score (nSPS) is 10.4. The van der Waals surface area contributed by atoms with Crippen LogP contribution in [0.3, 0.4) is 0 Å². The molecule has 0 bridgehead atoms. The fraction of sp³-hybridized carbons (Fsp3) is 0.143. The second kappa shape index (κ2) is 6.49. The first-order valence-electron chi connectivity index (χ1n) is 6.64. The summed E-state index contributed by atoms with van der Waals surface area (Å²) < 4.78 is 10.2. The molecule has 1 aromatic carbocycles. The fourth-order valence-electron chi connectivity index (χ4n) is 1.87. The van der Waals surface area contributed by atoms with Crippen LogP contribution in [-0.4, -0.2) is 27.4 Å². The molecule has 0 aliphatic carbocycles. The number of aryl methyl sites for hydroxylation is 1. The molecule has 0 aliphatic rings. The molecule has 0 spiro atoms. The maximum absolute atomic E-state index is 6.00. The molecule has 0 fully saturated rings. The fourth-order valence-corrected chi connectivity index (χ4v) is 2.04. The topological polar surface area (TPSA) is 98.0 Å². The van der Waals surface area contributed by atoms with E-state index in [2.05, 4.69) is 31.0 Å². The van der Waals surface area contributed by atoms with E-state index in [9.17, 15) is 0 Å². The van der Waals surface area contributed by atoms with Crippen LogP contribution in [0.2, 0.25) is 5.02 Å². The van der Waals surface area contributed by atoms with Gasteiger partial charge in [0.1, 0.15) is 11.5 Å². The van der Waals surface area contributed by atoms with E-state index in [0.717, 1.165) is 0 Å². The molecule has 2 N–H and O–H groups in total. The zero-order valence-electron chi connectivity index (χ0n) is 12.4. The van der Waals surface area contributed by atoms with E-state index < -0.39 is 0 Å². The Hall–Kier alpha value is -2.87. The van der Waals surface area contributed by atoms with Crippen LogP contribution in [-0.2, 0) is 0 Å². The number of halogens is 1. The van der Waals surface area contributed by atoms with Crippen LogP contribution < -0.4 is 15.4 Å². The van der Waals surface area contributed by atoms with E-state index in [1.165, 1.54) is 6.20 Å². The van der Waals surface area contributed by atoms with Gasteiger partial charge in [-0.3, -0.25) is 0 Å². The summed E-state index contributed by atoms with van der Waals surface area (Å²) in [6.45, 7) is 1.80. The van der Waals surface area contributed by atoms with Gasteiger partial charge < -0.3 is 19.9 Å². The molecule has 3 aromatic rings. The van der Waals surface area contributed by atoms with E-state index in [1.807, 2.05) is 0 Å². The van der Waals surface area contributed by atoms with Crippen molar-refractivity contribution < 1.29 is 9.26 Å². The number of hydrogen-bond donors (Lipinski definition) is 2. The zero-order chi connectivity index (χ0) is 16.2. The highest BCUT2D eigenvalue weighted by Gasteiger charge is 2.08. The van der Waals surface area contributed by atoms with Crippen molar-refractivity contribution in [2.75, 3.05) is 17.7 Å². The van der Waals surface area contributed by atoms with E-state index >= 15 is 0 Å². The Kier molecular flexibility index (Phi) is 4.24. The van der Waals surface area contributed by atoms with Crippen molar-refractivity contribution >= 4 is 34.9 Å². The van der Waals surface area contributed by atoms with Crippen molar-refractivity contribution in [2.24, 2.45) is 0 Å². The molecule has 8 nitrogen and oxygen atoms in total. The van der Waals surface area contributed by atoms with Gasteiger partial charge in [-0.05, 0) is 25.1 Å². The minimum Gasteiger partial charge on any atom is -0.495 e. The third-order valence-corrected chi connectivity index (χ3v) is 3.09. The van der Waals surface area contributed by atoms with Crippen molar-refractivity contribution in [1.29, 1.82) is 0 Å². The van der Waals surface area contributed by atoms with Crippen molar-refractivity contribution in [3.05, 3.63) is 41.2 Å². The lowest BCUT2D eigenvalue weighted by Crippen LogP contribution is -2.03. The first kappa shape index (κ1) is 15.0. The average Bonchev–Trinajstić information content (AvgIpc) is 2.93. The first-order chi connectivity index (χ1) is 11.1. The molecule has 0 saturated heterocycles. The summed E-state index contributed by atoms with van der Waals surface area (Å²) in [7, 11) is 1.57. The summed E-state index contributed by atoms with van der Waals surface area (Å²) in [5.41, 5.74) is 0.635.